The Kier molecular flexibility index (Phi) is 2.39. The van der Waals surface area contributed by atoms with Crippen molar-refractivity contribution in [1.29, 1.82) is 0 Å². The molecule has 0 N–H and O–H groups in total. The monoisotopic (exact) mass is 230 g/mol. The zero-order valence-corrected chi connectivity index (χ0v) is 8.29. The fourth-order valence-corrected chi connectivity index (χ4v) is 1.64. The van der Waals surface area contributed by atoms with Gasteiger partial charge in [0, 0.05) is 15.6 Å². The second-order valence-electron chi connectivity index (χ2n) is 2.65. The van der Waals surface area contributed by atoms with Crippen molar-refractivity contribution < 1.29 is 9.53 Å². The van der Waals surface area contributed by atoms with Gasteiger partial charge in [-0.2, -0.15) is 0 Å². The molecule has 0 bridgehead atoms. The van der Waals surface area contributed by atoms with Crippen molar-refractivity contribution in [3.05, 3.63) is 33.8 Å². The first-order chi connectivity index (χ1) is 6.65. The Balaban J connectivity index is 2.33. The van der Waals surface area contributed by atoms with Gasteiger partial charge in [0.1, 0.15) is 0 Å². The summed E-state index contributed by atoms with van der Waals surface area (Å²) in [4.78, 5) is 10.6. The minimum atomic E-state index is -0.723. The molecule has 0 spiro atoms. The molecule has 1 atom stereocenters. The first-order valence-electron chi connectivity index (χ1n) is 3.72. The molecule has 1 aliphatic rings. The van der Waals surface area contributed by atoms with Gasteiger partial charge >= 0.3 is 6.09 Å². The number of azo groups is 1. The molecular formula is C8H4Cl2N2O2. The second-order valence-corrected chi connectivity index (χ2v) is 3.53. The van der Waals surface area contributed by atoms with Crippen LogP contribution in [0.15, 0.2) is 28.4 Å². The molecule has 0 saturated heterocycles. The van der Waals surface area contributed by atoms with E-state index in [4.69, 9.17) is 27.9 Å². The number of hydrogen-bond acceptors (Lipinski definition) is 3. The van der Waals surface area contributed by atoms with Crippen LogP contribution in [0.4, 0.5) is 4.79 Å². The van der Waals surface area contributed by atoms with Gasteiger partial charge in [-0.05, 0) is 18.2 Å². The molecule has 0 saturated carbocycles. The summed E-state index contributed by atoms with van der Waals surface area (Å²) in [5.41, 5.74) is 0.608. The highest BCUT2D eigenvalue weighted by molar-refractivity contribution is 6.34. The Bertz CT molecular complexity index is 400. The summed E-state index contributed by atoms with van der Waals surface area (Å²) in [6.45, 7) is 0. The third kappa shape index (κ3) is 1.86. The van der Waals surface area contributed by atoms with Crippen molar-refractivity contribution in [1.82, 2.24) is 0 Å². The molecule has 1 unspecified atom stereocenters. The maximum absolute atomic E-state index is 10.6. The largest absolute Gasteiger partial charge is 0.454 e. The quantitative estimate of drug-likeness (QED) is 0.741. The van der Waals surface area contributed by atoms with Crippen LogP contribution >= 0.6 is 23.2 Å². The lowest BCUT2D eigenvalue weighted by Crippen LogP contribution is -1.98. The number of carbonyl (C=O) groups is 1. The van der Waals surface area contributed by atoms with Crippen LogP contribution in [0.1, 0.15) is 11.8 Å². The van der Waals surface area contributed by atoms with Crippen LogP contribution in [-0.2, 0) is 4.74 Å². The number of carbonyl (C=O) groups excluding carboxylic acids is 1. The zero-order valence-electron chi connectivity index (χ0n) is 6.78. The normalized spacial score (nSPS) is 19.9. The summed E-state index contributed by atoms with van der Waals surface area (Å²) < 4.78 is 4.77. The van der Waals surface area contributed by atoms with Gasteiger partial charge < -0.3 is 4.74 Å². The van der Waals surface area contributed by atoms with E-state index in [-0.39, 0.29) is 0 Å². The summed E-state index contributed by atoms with van der Waals surface area (Å²) in [5.74, 6) is 0. The number of benzene rings is 1. The van der Waals surface area contributed by atoms with E-state index in [0.717, 1.165) is 0 Å². The first kappa shape index (κ1) is 9.43. The Morgan fingerprint density at radius 3 is 2.36 bits per heavy atom. The second kappa shape index (κ2) is 3.55. The molecule has 1 aromatic carbocycles. The molecule has 14 heavy (non-hydrogen) atoms. The minimum absolute atomic E-state index is 0.464. The Hall–Kier alpha value is -1.13. The maximum Gasteiger partial charge on any atom is 0.454 e. The molecule has 72 valence electrons. The molecule has 1 amide bonds. The highest BCUT2D eigenvalue weighted by atomic mass is 35.5. The van der Waals surface area contributed by atoms with E-state index in [2.05, 4.69) is 10.2 Å². The Labute approximate surface area is 89.5 Å². The van der Waals surface area contributed by atoms with Gasteiger partial charge in [0.2, 0.25) is 6.23 Å². The predicted molar refractivity (Wildman–Crippen MR) is 50.5 cm³/mol. The average molecular weight is 231 g/mol. The highest BCUT2D eigenvalue weighted by Crippen LogP contribution is 2.29. The van der Waals surface area contributed by atoms with Crippen molar-refractivity contribution >= 4 is 29.3 Å². The lowest BCUT2D eigenvalue weighted by molar-refractivity contribution is 0.133. The van der Waals surface area contributed by atoms with Gasteiger partial charge in [-0.1, -0.05) is 28.3 Å². The topological polar surface area (TPSA) is 51.0 Å². The molecule has 1 heterocycles. The molecule has 6 heteroatoms. The van der Waals surface area contributed by atoms with Gasteiger partial charge in [-0.15, -0.1) is 5.11 Å². The van der Waals surface area contributed by atoms with E-state index < -0.39 is 12.3 Å². The van der Waals surface area contributed by atoms with E-state index in [1.54, 1.807) is 18.2 Å². The van der Waals surface area contributed by atoms with Crippen molar-refractivity contribution in [2.75, 3.05) is 0 Å². The average Bonchev–Trinajstić information content (AvgIpc) is 2.50. The van der Waals surface area contributed by atoms with Gasteiger partial charge in [-0.3, -0.25) is 0 Å². The maximum atomic E-state index is 10.6. The summed E-state index contributed by atoms with van der Waals surface area (Å²) in [7, 11) is 0. The smallest absolute Gasteiger partial charge is 0.415 e. The fraction of sp³-hybridized carbons (Fsp3) is 0.125. The number of hydrogen-bond donors (Lipinski definition) is 0. The number of cyclic esters (lactones) is 1. The number of ether oxygens (including phenoxy) is 1. The van der Waals surface area contributed by atoms with Crippen LogP contribution in [0.25, 0.3) is 0 Å². The van der Waals surface area contributed by atoms with Gasteiger partial charge in [0.05, 0.1) is 0 Å². The van der Waals surface area contributed by atoms with Crippen molar-refractivity contribution in [3.8, 4) is 0 Å². The lowest BCUT2D eigenvalue weighted by Gasteiger charge is -2.06. The molecule has 1 aliphatic heterocycles. The van der Waals surface area contributed by atoms with Crippen molar-refractivity contribution in [2.45, 2.75) is 6.23 Å². The van der Waals surface area contributed by atoms with Crippen LogP contribution in [-0.4, -0.2) is 6.09 Å². The minimum Gasteiger partial charge on any atom is -0.415 e. The predicted octanol–water partition coefficient (Wildman–Crippen LogP) is 3.59. The van der Waals surface area contributed by atoms with E-state index in [1.807, 2.05) is 0 Å². The summed E-state index contributed by atoms with van der Waals surface area (Å²) in [6.07, 6.45) is -1.43. The number of nitrogens with zero attached hydrogens (tertiary/aromatic N) is 2. The molecule has 0 radical (unpaired) electrons. The molecule has 2 rings (SSSR count). The Morgan fingerprint density at radius 1 is 1.21 bits per heavy atom. The van der Waals surface area contributed by atoms with E-state index in [9.17, 15) is 4.79 Å². The van der Waals surface area contributed by atoms with E-state index in [0.29, 0.717) is 15.6 Å². The van der Waals surface area contributed by atoms with Gasteiger partial charge in [0.15, 0.2) is 0 Å². The fourth-order valence-electron chi connectivity index (χ4n) is 1.09. The van der Waals surface area contributed by atoms with Crippen LogP contribution < -0.4 is 0 Å². The van der Waals surface area contributed by atoms with E-state index in [1.165, 1.54) is 0 Å². The number of rotatable bonds is 1. The molecule has 4 nitrogen and oxygen atoms in total. The third-order valence-electron chi connectivity index (χ3n) is 1.63. The summed E-state index contributed by atoms with van der Waals surface area (Å²) in [5, 5.41) is 7.76. The van der Waals surface area contributed by atoms with Gasteiger partial charge in [0.25, 0.3) is 0 Å². The summed E-state index contributed by atoms with van der Waals surface area (Å²) >= 11 is 11.5. The zero-order chi connectivity index (χ0) is 10.1. The van der Waals surface area contributed by atoms with Crippen LogP contribution in [0.3, 0.4) is 0 Å². The standard InChI is InChI=1S/C8H4Cl2N2O2/c9-5-1-4(2-6(10)3-5)7-11-12-8(13)14-7/h1-3,7H. The highest BCUT2D eigenvalue weighted by Gasteiger charge is 2.22. The van der Waals surface area contributed by atoms with Crippen LogP contribution in [0.2, 0.25) is 10.0 Å². The van der Waals surface area contributed by atoms with E-state index >= 15 is 0 Å². The number of halogens is 2. The third-order valence-corrected chi connectivity index (χ3v) is 2.06. The lowest BCUT2D eigenvalue weighted by atomic mass is 10.2. The van der Waals surface area contributed by atoms with Crippen molar-refractivity contribution in [2.24, 2.45) is 10.2 Å². The van der Waals surface area contributed by atoms with Gasteiger partial charge in [-0.25, -0.2) is 4.79 Å². The number of amides is 1. The Morgan fingerprint density at radius 2 is 1.86 bits per heavy atom. The SMILES string of the molecule is O=C1N=NC(c2cc(Cl)cc(Cl)c2)O1. The van der Waals surface area contributed by atoms with Crippen molar-refractivity contribution in [3.63, 3.8) is 0 Å². The molecule has 0 aromatic heterocycles. The van der Waals surface area contributed by atoms with Crippen LogP contribution in [0, 0.1) is 0 Å². The summed E-state index contributed by atoms with van der Waals surface area (Å²) in [6, 6.07) is 4.83. The molecule has 1 aromatic rings. The molecular weight excluding hydrogens is 227 g/mol. The molecule has 0 fully saturated rings. The first-order valence-corrected chi connectivity index (χ1v) is 4.48. The van der Waals surface area contributed by atoms with Crippen LogP contribution in [0.5, 0.6) is 0 Å². The molecule has 0 aliphatic carbocycles.